The van der Waals surface area contributed by atoms with Gasteiger partial charge in [-0.05, 0) is 27.6 Å². The third-order valence-electron chi connectivity index (χ3n) is 5.98. The fourth-order valence-electron chi connectivity index (χ4n) is 4.12. The van der Waals surface area contributed by atoms with Crippen molar-refractivity contribution in [3.05, 3.63) is 49.2 Å². The van der Waals surface area contributed by atoms with Crippen LogP contribution >= 0.6 is 62.1 Å². The van der Waals surface area contributed by atoms with Gasteiger partial charge in [0.25, 0.3) is 11.8 Å². The lowest BCUT2D eigenvalue weighted by Gasteiger charge is -2.49. The van der Waals surface area contributed by atoms with Gasteiger partial charge in [-0.1, -0.05) is 5.16 Å². The van der Waals surface area contributed by atoms with Gasteiger partial charge in [-0.25, -0.2) is 9.78 Å². The third kappa shape index (κ3) is 5.36. The zero-order valence-corrected chi connectivity index (χ0v) is 25.5. The molecule has 1 saturated heterocycles. The van der Waals surface area contributed by atoms with Crippen molar-refractivity contribution in [2.75, 3.05) is 24.3 Å². The quantitative estimate of drug-likeness (QED) is 0.0756. The average Bonchev–Trinajstić information content (AvgIpc) is 3.37. The molecule has 1 aromatic carbocycles. The number of rotatable bonds is 8. The van der Waals surface area contributed by atoms with Crippen LogP contribution in [0.5, 0.6) is 11.5 Å². The molecule has 2 atom stereocenters. The first-order valence-electron chi connectivity index (χ1n) is 11.4. The Hall–Kier alpha value is -3.32. The van der Waals surface area contributed by atoms with E-state index in [0.29, 0.717) is 14.5 Å². The minimum atomic E-state index is -1.30. The van der Waals surface area contributed by atoms with Gasteiger partial charge in [0.1, 0.15) is 29.9 Å². The fourth-order valence-corrected chi connectivity index (χ4v) is 9.20. The molecule has 6 N–H and O–H groups in total. The van der Waals surface area contributed by atoms with E-state index in [9.17, 15) is 34.5 Å². The van der Waals surface area contributed by atoms with E-state index in [1.54, 1.807) is 0 Å². The zero-order chi connectivity index (χ0) is 29.6. The Morgan fingerprint density at radius 1 is 1.32 bits per heavy atom. The molecule has 2 aliphatic heterocycles. The number of oxime groups is 1. The number of carboxylic acid groups (broad SMARTS) is 1. The number of aliphatic carboxylic acids is 1. The Labute approximate surface area is 255 Å². The number of aromatic nitrogens is 1. The Bertz CT molecular complexity index is 1740. The summed E-state index contributed by atoms with van der Waals surface area (Å²) in [5, 5.41) is 37.2. The SMILES string of the molecule is CO/N=C(/C(=O)N[C@@H]1C(=O)N2C(C(=O)O)=C(CSc3sc4cc(O)c(O)cc4c(=O)c3Br)CS[C@H]12)c1csc(N)n1. The summed E-state index contributed by atoms with van der Waals surface area (Å²) < 4.78 is 1.21. The lowest BCUT2D eigenvalue weighted by Crippen LogP contribution is -2.71. The number of phenolic OH excluding ortho intramolecular Hbond substituents is 2. The number of hydrogen-bond acceptors (Lipinski definition) is 14. The van der Waals surface area contributed by atoms with Gasteiger partial charge >= 0.3 is 5.97 Å². The molecule has 2 aliphatic rings. The molecule has 41 heavy (non-hydrogen) atoms. The molecule has 2 amide bonds. The molecule has 0 unspecified atom stereocenters. The van der Waals surface area contributed by atoms with E-state index in [2.05, 4.69) is 31.4 Å². The van der Waals surface area contributed by atoms with E-state index in [1.807, 2.05) is 0 Å². The van der Waals surface area contributed by atoms with Crippen molar-refractivity contribution < 1.29 is 34.5 Å². The maximum atomic E-state index is 13.1. The minimum absolute atomic E-state index is 0.155. The topological polar surface area (TPSA) is 205 Å². The van der Waals surface area contributed by atoms with E-state index in [0.717, 1.165) is 16.2 Å². The summed E-state index contributed by atoms with van der Waals surface area (Å²) in [6.45, 7) is 0. The van der Waals surface area contributed by atoms with Crippen LogP contribution in [0.15, 0.2) is 47.4 Å². The van der Waals surface area contributed by atoms with Crippen LogP contribution in [0, 0.1) is 0 Å². The Morgan fingerprint density at radius 3 is 2.71 bits per heavy atom. The van der Waals surface area contributed by atoms with E-state index < -0.39 is 40.4 Å². The molecule has 0 radical (unpaired) electrons. The molecule has 1 fully saturated rings. The summed E-state index contributed by atoms with van der Waals surface area (Å²) in [5.41, 5.74) is 5.53. The van der Waals surface area contributed by atoms with Crippen molar-refractivity contribution in [1.29, 1.82) is 0 Å². The highest BCUT2D eigenvalue weighted by Gasteiger charge is 2.54. The highest BCUT2D eigenvalue weighted by atomic mass is 79.9. The number of halogens is 1. The molecule has 18 heteroatoms. The first-order valence-corrected chi connectivity index (χ1v) is 15.9. The predicted molar refractivity (Wildman–Crippen MR) is 160 cm³/mol. The number of nitrogens with two attached hydrogens (primary N) is 1. The number of thiazole rings is 1. The molecule has 2 aromatic heterocycles. The molecule has 0 spiro atoms. The smallest absolute Gasteiger partial charge is 0.352 e. The van der Waals surface area contributed by atoms with Crippen molar-refractivity contribution in [1.82, 2.24) is 15.2 Å². The summed E-state index contributed by atoms with van der Waals surface area (Å²) in [6, 6.07) is 1.47. The summed E-state index contributed by atoms with van der Waals surface area (Å²) in [4.78, 5) is 61.0. The number of thioether (sulfide) groups is 2. The molecule has 4 heterocycles. The third-order valence-corrected chi connectivity index (χ3v) is 11.8. The van der Waals surface area contributed by atoms with Gasteiger partial charge in [0, 0.05) is 33.0 Å². The number of nitrogens with one attached hydrogen (secondary N) is 1. The van der Waals surface area contributed by atoms with Crippen molar-refractivity contribution in [2.45, 2.75) is 15.6 Å². The van der Waals surface area contributed by atoms with Gasteiger partial charge in [-0.2, -0.15) is 0 Å². The number of hydrogen-bond donors (Lipinski definition) is 5. The second-order valence-corrected chi connectivity index (χ2v) is 13.6. The lowest BCUT2D eigenvalue weighted by molar-refractivity contribution is -0.150. The number of nitrogen functional groups attached to an aromatic ring is 1. The van der Waals surface area contributed by atoms with E-state index in [-0.39, 0.29) is 49.3 Å². The Balaban J connectivity index is 1.35. The van der Waals surface area contributed by atoms with E-state index >= 15 is 0 Å². The second kappa shape index (κ2) is 11.5. The zero-order valence-electron chi connectivity index (χ0n) is 20.6. The molecular weight excluding hydrogens is 682 g/mol. The maximum absolute atomic E-state index is 13.1. The number of carboxylic acids is 1. The number of nitrogens with zero attached hydrogens (tertiary/aromatic N) is 3. The molecule has 13 nitrogen and oxygen atoms in total. The Kier molecular flexibility index (Phi) is 8.20. The predicted octanol–water partition coefficient (Wildman–Crippen LogP) is 2.36. The largest absolute Gasteiger partial charge is 0.504 e. The first kappa shape index (κ1) is 29.2. The van der Waals surface area contributed by atoms with Crippen LogP contribution in [0.25, 0.3) is 10.1 Å². The normalized spacial score (nSPS) is 18.7. The maximum Gasteiger partial charge on any atom is 0.352 e. The van der Waals surface area contributed by atoms with Crippen molar-refractivity contribution in [3.63, 3.8) is 0 Å². The highest BCUT2D eigenvalue weighted by molar-refractivity contribution is 9.10. The van der Waals surface area contributed by atoms with Crippen LogP contribution in [-0.2, 0) is 19.2 Å². The van der Waals surface area contributed by atoms with Gasteiger partial charge in [-0.15, -0.1) is 46.2 Å². The number of anilines is 1. The highest BCUT2D eigenvalue weighted by Crippen LogP contribution is 2.43. The van der Waals surface area contributed by atoms with Crippen LogP contribution in [0.1, 0.15) is 5.69 Å². The molecular formula is C23H18BrN5O8S4. The lowest BCUT2D eigenvalue weighted by atomic mass is 10.0. The van der Waals surface area contributed by atoms with Crippen molar-refractivity contribution >= 4 is 101 Å². The number of phenols is 2. The van der Waals surface area contributed by atoms with Crippen molar-refractivity contribution in [3.8, 4) is 11.5 Å². The monoisotopic (exact) mass is 699 g/mol. The van der Waals surface area contributed by atoms with Crippen LogP contribution < -0.4 is 16.5 Å². The molecule has 3 aromatic rings. The summed E-state index contributed by atoms with van der Waals surface area (Å²) in [6.07, 6.45) is 0. The summed E-state index contributed by atoms with van der Waals surface area (Å²) in [7, 11) is 1.25. The van der Waals surface area contributed by atoms with Crippen LogP contribution in [0.3, 0.4) is 0 Å². The summed E-state index contributed by atoms with van der Waals surface area (Å²) >= 11 is 8.07. The number of amides is 2. The van der Waals surface area contributed by atoms with Crippen LogP contribution in [0.2, 0.25) is 0 Å². The molecule has 214 valence electrons. The molecule has 0 saturated carbocycles. The number of carbonyl (C=O) groups excluding carboxylic acids is 2. The fraction of sp³-hybridized carbons (Fsp3) is 0.217. The number of fused-ring (bicyclic) bond motifs is 2. The number of aromatic hydroxyl groups is 2. The van der Waals surface area contributed by atoms with Gasteiger partial charge < -0.3 is 31.2 Å². The summed E-state index contributed by atoms with van der Waals surface area (Å²) in [5.74, 6) is -3.00. The second-order valence-electron chi connectivity index (χ2n) is 8.47. The molecule has 5 rings (SSSR count). The minimum Gasteiger partial charge on any atom is -0.504 e. The van der Waals surface area contributed by atoms with Gasteiger partial charge in [0.15, 0.2) is 22.3 Å². The van der Waals surface area contributed by atoms with Crippen LogP contribution in [0.4, 0.5) is 5.13 Å². The first-order chi connectivity index (χ1) is 19.5. The van der Waals surface area contributed by atoms with Gasteiger partial charge in [0.2, 0.25) is 5.43 Å². The Morgan fingerprint density at radius 2 is 2.05 bits per heavy atom. The van der Waals surface area contributed by atoms with Crippen molar-refractivity contribution in [2.24, 2.45) is 5.16 Å². The standard InChI is InChI=1S/C23H18BrN5O8S4/c1-37-28-14(9-6-40-23(25)26-9)18(33)27-15-19(34)29-16(21(35)36)7(4-38-20(15)29)5-39-22-13(24)17(32)8-2-10(30)11(31)3-12(8)41-22/h2-3,6,15,20,30-31H,4-5H2,1H3,(H2,25,26)(H,27,33)(H,35,36)/b28-14+/t15-,20-/m1/s1. The van der Waals surface area contributed by atoms with Crippen LogP contribution in [-0.4, -0.2) is 78.7 Å². The number of carbonyl (C=O) groups is 3. The average molecular weight is 701 g/mol. The van der Waals surface area contributed by atoms with E-state index in [1.165, 1.54) is 59.5 Å². The van der Waals surface area contributed by atoms with E-state index in [4.69, 9.17) is 10.6 Å². The van der Waals surface area contributed by atoms with Gasteiger partial charge in [-0.3, -0.25) is 19.3 Å². The number of β-lactam (4-membered cyclic amide) rings is 1. The molecule has 0 bridgehead atoms. The number of benzene rings is 1. The van der Waals surface area contributed by atoms with Gasteiger partial charge in [0.05, 0.1) is 8.68 Å². The molecule has 0 aliphatic carbocycles.